The molecule has 0 amide bonds. The van der Waals surface area contributed by atoms with E-state index in [0.29, 0.717) is 0 Å². The normalized spacial score (nSPS) is 10.4. The summed E-state index contributed by atoms with van der Waals surface area (Å²) >= 11 is 3.45. The molecule has 0 saturated heterocycles. The van der Waals surface area contributed by atoms with Gasteiger partial charge in [-0.05, 0) is 23.6 Å². The van der Waals surface area contributed by atoms with Gasteiger partial charge < -0.3 is 4.90 Å². The zero-order valence-electron chi connectivity index (χ0n) is 10.7. The third-order valence-electron chi connectivity index (χ3n) is 2.89. The highest BCUT2D eigenvalue weighted by Crippen LogP contribution is 2.19. The molecule has 0 spiro atoms. The largest absolute Gasteiger partial charge is 0.355 e. The van der Waals surface area contributed by atoms with Gasteiger partial charge >= 0.3 is 0 Å². The molecular formula is C15H17BrN2. The maximum absolute atomic E-state index is 4.54. The van der Waals surface area contributed by atoms with E-state index in [0.717, 1.165) is 17.7 Å². The fourth-order valence-corrected chi connectivity index (χ4v) is 2.34. The zero-order chi connectivity index (χ0) is 13.0. The lowest BCUT2D eigenvalue weighted by molar-refractivity contribution is 0.889. The van der Waals surface area contributed by atoms with Crippen LogP contribution in [0.5, 0.6) is 0 Å². The van der Waals surface area contributed by atoms with Gasteiger partial charge in [0.25, 0.3) is 0 Å². The Morgan fingerprint density at radius 2 is 1.89 bits per heavy atom. The molecule has 0 N–H and O–H groups in total. The molecule has 3 heteroatoms. The molecule has 1 aromatic carbocycles. The highest BCUT2D eigenvalue weighted by molar-refractivity contribution is 9.08. The van der Waals surface area contributed by atoms with Crippen LogP contribution >= 0.6 is 15.9 Å². The molecule has 1 heterocycles. The van der Waals surface area contributed by atoms with Crippen LogP contribution in [0, 0.1) is 6.92 Å². The van der Waals surface area contributed by atoms with E-state index in [-0.39, 0.29) is 0 Å². The molecule has 0 fully saturated rings. The molecule has 1 aromatic heterocycles. The average molecular weight is 305 g/mol. The zero-order valence-corrected chi connectivity index (χ0v) is 12.3. The molecule has 0 aliphatic carbocycles. The fraction of sp³-hybridized carbons (Fsp3) is 0.267. The summed E-state index contributed by atoms with van der Waals surface area (Å²) in [5.41, 5.74) is 3.72. The van der Waals surface area contributed by atoms with Crippen LogP contribution in [0.15, 0.2) is 42.6 Å². The molecule has 0 aliphatic rings. The van der Waals surface area contributed by atoms with Gasteiger partial charge in [-0.15, -0.1) is 0 Å². The van der Waals surface area contributed by atoms with Gasteiger partial charge in [0.1, 0.15) is 5.82 Å². The molecule has 0 aliphatic heterocycles. The predicted molar refractivity (Wildman–Crippen MR) is 80.2 cm³/mol. The summed E-state index contributed by atoms with van der Waals surface area (Å²) in [6.07, 6.45) is 1.93. The second-order valence-corrected chi connectivity index (χ2v) is 5.02. The van der Waals surface area contributed by atoms with Crippen molar-refractivity contribution in [2.24, 2.45) is 0 Å². The highest BCUT2D eigenvalue weighted by Gasteiger charge is 2.07. The number of alkyl halides is 1. The smallest absolute Gasteiger partial charge is 0.131 e. The number of nitrogens with zero attached hydrogens (tertiary/aromatic N) is 2. The van der Waals surface area contributed by atoms with Gasteiger partial charge in [-0.2, -0.15) is 0 Å². The van der Waals surface area contributed by atoms with Gasteiger partial charge in [-0.3, -0.25) is 0 Å². The first-order valence-electron chi connectivity index (χ1n) is 5.97. The Kier molecular flexibility index (Phi) is 4.37. The molecule has 2 aromatic rings. The van der Waals surface area contributed by atoms with Crippen molar-refractivity contribution in [1.82, 2.24) is 4.98 Å². The summed E-state index contributed by atoms with van der Waals surface area (Å²) in [4.78, 5) is 6.72. The lowest BCUT2D eigenvalue weighted by Gasteiger charge is -2.20. The summed E-state index contributed by atoms with van der Waals surface area (Å²) in [7, 11) is 2.08. The molecule has 0 bridgehead atoms. The van der Waals surface area contributed by atoms with E-state index in [9.17, 15) is 0 Å². The van der Waals surface area contributed by atoms with Gasteiger partial charge in [0.05, 0.1) is 0 Å². The van der Waals surface area contributed by atoms with Crippen molar-refractivity contribution >= 4 is 21.7 Å². The number of hydrogen-bond acceptors (Lipinski definition) is 2. The summed E-state index contributed by atoms with van der Waals surface area (Å²) in [6.45, 7) is 2.98. The number of pyridine rings is 1. The van der Waals surface area contributed by atoms with E-state index in [1.54, 1.807) is 0 Å². The van der Waals surface area contributed by atoms with Crippen molar-refractivity contribution in [3.8, 4) is 0 Å². The molecule has 94 valence electrons. The van der Waals surface area contributed by atoms with Crippen molar-refractivity contribution in [2.75, 3.05) is 11.9 Å². The van der Waals surface area contributed by atoms with Crippen LogP contribution in [-0.2, 0) is 11.9 Å². The van der Waals surface area contributed by atoms with Crippen molar-refractivity contribution in [1.29, 1.82) is 0 Å². The summed E-state index contributed by atoms with van der Waals surface area (Å²) < 4.78 is 0. The molecular weight excluding hydrogens is 288 g/mol. The lowest BCUT2D eigenvalue weighted by atomic mass is 10.2. The second-order valence-electron chi connectivity index (χ2n) is 4.46. The minimum Gasteiger partial charge on any atom is -0.355 e. The van der Waals surface area contributed by atoms with Gasteiger partial charge in [-0.25, -0.2) is 4.98 Å². The Morgan fingerprint density at radius 1 is 1.17 bits per heavy atom. The topological polar surface area (TPSA) is 16.1 Å². The van der Waals surface area contributed by atoms with E-state index in [1.807, 2.05) is 12.3 Å². The first kappa shape index (κ1) is 13.1. The Morgan fingerprint density at radius 3 is 2.50 bits per heavy atom. The van der Waals surface area contributed by atoms with Crippen molar-refractivity contribution < 1.29 is 0 Å². The minimum atomic E-state index is 0.851. The number of aryl methyl sites for hydroxylation is 1. The highest BCUT2D eigenvalue weighted by atomic mass is 79.9. The fourth-order valence-electron chi connectivity index (χ4n) is 2.03. The number of benzene rings is 1. The van der Waals surface area contributed by atoms with Crippen LogP contribution in [0.4, 0.5) is 5.82 Å². The summed E-state index contributed by atoms with van der Waals surface area (Å²) in [5, 5.41) is 0.851. The van der Waals surface area contributed by atoms with Gasteiger partial charge in [0, 0.05) is 25.1 Å². The van der Waals surface area contributed by atoms with Crippen LogP contribution < -0.4 is 4.90 Å². The van der Waals surface area contributed by atoms with Gasteiger partial charge in [0.2, 0.25) is 0 Å². The van der Waals surface area contributed by atoms with Crippen molar-refractivity contribution in [3.63, 3.8) is 0 Å². The van der Waals surface area contributed by atoms with Crippen LogP contribution in [0.1, 0.15) is 16.7 Å². The van der Waals surface area contributed by atoms with E-state index in [2.05, 4.69) is 70.1 Å². The van der Waals surface area contributed by atoms with E-state index < -0.39 is 0 Å². The number of rotatable bonds is 4. The first-order valence-corrected chi connectivity index (χ1v) is 7.09. The quantitative estimate of drug-likeness (QED) is 0.796. The van der Waals surface area contributed by atoms with Gasteiger partial charge in [0.15, 0.2) is 0 Å². The molecule has 0 radical (unpaired) electrons. The molecule has 2 nitrogen and oxygen atoms in total. The van der Waals surface area contributed by atoms with Crippen LogP contribution in [0.25, 0.3) is 0 Å². The van der Waals surface area contributed by atoms with Crippen molar-refractivity contribution in [3.05, 3.63) is 59.3 Å². The maximum Gasteiger partial charge on any atom is 0.131 e. The number of aromatic nitrogens is 1. The number of halogens is 1. The Hall–Kier alpha value is -1.35. The standard InChI is InChI=1S/C15H17BrN2/c1-12-8-14(9-16)10-17-15(12)18(2)11-13-6-4-3-5-7-13/h3-8,10H,9,11H2,1-2H3. The van der Waals surface area contributed by atoms with Gasteiger partial charge in [-0.1, -0.05) is 52.3 Å². The van der Waals surface area contributed by atoms with Crippen LogP contribution in [0.2, 0.25) is 0 Å². The second kappa shape index (κ2) is 6.01. The first-order chi connectivity index (χ1) is 8.70. The SMILES string of the molecule is Cc1cc(CBr)cnc1N(C)Cc1ccccc1. The lowest BCUT2D eigenvalue weighted by Crippen LogP contribution is -2.18. The van der Waals surface area contributed by atoms with E-state index in [1.165, 1.54) is 16.7 Å². The predicted octanol–water partition coefficient (Wildman–Crippen LogP) is 3.92. The van der Waals surface area contributed by atoms with Crippen molar-refractivity contribution in [2.45, 2.75) is 18.8 Å². The average Bonchev–Trinajstić information content (AvgIpc) is 2.39. The third kappa shape index (κ3) is 3.10. The molecule has 2 rings (SSSR count). The van der Waals surface area contributed by atoms with E-state index >= 15 is 0 Å². The maximum atomic E-state index is 4.54. The third-order valence-corrected chi connectivity index (χ3v) is 3.53. The Labute approximate surface area is 117 Å². The minimum absolute atomic E-state index is 0.851. The summed E-state index contributed by atoms with van der Waals surface area (Å²) in [6, 6.07) is 12.6. The Balaban J connectivity index is 2.16. The molecule has 0 saturated carbocycles. The Bertz CT molecular complexity index is 511. The molecule has 0 unspecified atom stereocenters. The van der Waals surface area contributed by atoms with Crippen LogP contribution in [-0.4, -0.2) is 12.0 Å². The molecule has 18 heavy (non-hydrogen) atoms. The number of anilines is 1. The number of hydrogen-bond donors (Lipinski definition) is 0. The molecule has 0 atom stereocenters. The monoisotopic (exact) mass is 304 g/mol. The summed E-state index contributed by atoms with van der Waals surface area (Å²) in [5.74, 6) is 1.04. The van der Waals surface area contributed by atoms with Crippen LogP contribution in [0.3, 0.4) is 0 Å². The van der Waals surface area contributed by atoms with E-state index in [4.69, 9.17) is 0 Å².